The van der Waals surface area contributed by atoms with Crippen LogP contribution in [0.5, 0.6) is 5.75 Å². The number of rotatable bonds is 3. The Labute approximate surface area is 179 Å². The molecule has 30 heavy (non-hydrogen) atoms. The molecule has 0 saturated carbocycles. The molecule has 1 unspecified atom stereocenters. The molecule has 0 bridgehead atoms. The molecular weight excluding hydrogens is 384 g/mol. The van der Waals surface area contributed by atoms with Crippen LogP contribution in [0.2, 0.25) is 0 Å². The maximum atomic E-state index is 13.0. The normalized spacial score (nSPS) is 17.4. The van der Waals surface area contributed by atoms with Crippen molar-refractivity contribution in [3.63, 3.8) is 0 Å². The van der Waals surface area contributed by atoms with Gasteiger partial charge in [-0.15, -0.1) is 0 Å². The van der Waals surface area contributed by atoms with Gasteiger partial charge in [0.2, 0.25) is 5.91 Å². The number of nitrogens with zero attached hydrogens (tertiary/aromatic N) is 2. The minimum Gasteiger partial charge on any atom is -0.490 e. The van der Waals surface area contributed by atoms with Gasteiger partial charge in [0.25, 0.3) is 0 Å². The third-order valence-corrected chi connectivity index (χ3v) is 5.62. The van der Waals surface area contributed by atoms with E-state index in [0.29, 0.717) is 32.8 Å². The van der Waals surface area contributed by atoms with Crippen molar-refractivity contribution in [1.29, 1.82) is 0 Å². The summed E-state index contributed by atoms with van der Waals surface area (Å²) in [5.41, 5.74) is 3.78. The van der Waals surface area contributed by atoms with Gasteiger partial charge in [-0.2, -0.15) is 0 Å². The standard InChI is InChI=1S/C23H34N2O5/c1-15(14-28-6)21(26)25-11-12-29-19-13-17-7-9-24(22(27)30-23(3,4)5)10-8-18(17)16(2)20(19)25/h13,15H,7-12,14H2,1-6H3. The Morgan fingerprint density at radius 2 is 1.90 bits per heavy atom. The fourth-order valence-corrected chi connectivity index (χ4v) is 4.19. The maximum Gasteiger partial charge on any atom is 0.410 e. The van der Waals surface area contributed by atoms with E-state index in [1.807, 2.05) is 32.6 Å². The van der Waals surface area contributed by atoms with Crippen LogP contribution in [-0.2, 0) is 27.1 Å². The lowest BCUT2D eigenvalue weighted by Gasteiger charge is -2.34. The van der Waals surface area contributed by atoms with Gasteiger partial charge in [-0.3, -0.25) is 4.79 Å². The molecule has 7 heteroatoms. The molecule has 2 aliphatic heterocycles. The van der Waals surface area contributed by atoms with Gasteiger partial charge in [-0.05, 0) is 63.3 Å². The zero-order valence-corrected chi connectivity index (χ0v) is 19.0. The lowest BCUT2D eigenvalue weighted by atomic mass is 9.94. The minimum absolute atomic E-state index is 0.0495. The van der Waals surface area contributed by atoms with Crippen molar-refractivity contribution in [2.45, 2.75) is 53.1 Å². The fraction of sp³-hybridized carbons (Fsp3) is 0.652. The molecule has 0 spiro atoms. The number of benzene rings is 1. The van der Waals surface area contributed by atoms with Crippen LogP contribution in [-0.4, -0.2) is 62.5 Å². The summed E-state index contributed by atoms with van der Waals surface area (Å²) >= 11 is 0. The lowest BCUT2D eigenvalue weighted by molar-refractivity contribution is -0.123. The van der Waals surface area contributed by atoms with Gasteiger partial charge in [0.15, 0.2) is 0 Å². The van der Waals surface area contributed by atoms with Crippen molar-refractivity contribution in [2.75, 3.05) is 44.9 Å². The second kappa shape index (κ2) is 8.84. The first-order chi connectivity index (χ1) is 14.1. The highest BCUT2D eigenvalue weighted by molar-refractivity contribution is 5.98. The smallest absolute Gasteiger partial charge is 0.410 e. The van der Waals surface area contributed by atoms with Gasteiger partial charge in [-0.1, -0.05) is 6.92 Å². The Kier molecular flexibility index (Phi) is 6.60. The number of ether oxygens (including phenoxy) is 3. The lowest BCUT2D eigenvalue weighted by Crippen LogP contribution is -2.42. The Balaban J connectivity index is 1.87. The van der Waals surface area contributed by atoms with Crippen LogP contribution in [0.1, 0.15) is 44.4 Å². The highest BCUT2D eigenvalue weighted by Gasteiger charge is 2.32. The average molecular weight is 419 g/mol. The summed E-state index contributed by atoms with van der Waals surface area (Å²) in [5, 5.41) is 0. The average Bonchev–Trinajstić information content (AvgIpc) is 2.89. The van der Waals surface area contributed by atoms with Gasteiger partial charge in [-0.25, -0.2) is 4.79 Å². The first-order valence-electron chi connectivity index (χ1n) is 10.7. The molecule has 0 radical (unpaired) electrons. The number of fused-ring (bicyclic) bond motifs is 2. The maximum absolute atomic E-state index is 13.0. The Morgan fingerprint density at radius 1 is 1.20 bits per heavy atom. The number of hydrogen-bond acceptors (Lipinski definition) is 5. The van der Waals surface area contributed by atoms with E-state index >= 15 is 0 Å². The second-order valence-corrected chi connectivity index (χ2v) is 9.15. The van der Waals surface area contributed by atoms with Crippen LogP contribution in [0.3, 0.4) is 0 Å². The second-order valence-electron chi connectivity index (χ2n) is 9.15. The van der Waals surface area contributed by atoms with Crippen molar-refractivity contribution in [1.82, 2.24) is 4.90 Å². The van der Waals surface area contributed by atoms with Crippen LogP contribution >= 0.6 is 0 Å². The first kappa shape index (κ1) is 22.4. The summed E-state index contributed by atoms with van der Waals surface area (Å²) in [6.45, 7) is 12.2. The molecule has 3 rings (SSSR count). The summed E-state index contributed by atoms with van der Waals surface area (Å²) in [5.74, 6) is 0.580. The van der Waals surface area contributed by atoms with Crippen molar-refractivity contribution >= 4 is 17.7 Å². The van der Waals surface area contributed by atoms with Crippen LogP contribution in [0.4, 0.5) is 10.5 Å². The molecule has 0 saturated heterocycles. The van der Waals surface area contributed by atoms with E-state index in [0.717, 1.165) is 29.8 Å². The van der Waals surface area contributed by atoms with Gasteiger partial charge < -0.3 is 24.0 Å². The van der Waals surface area contributed by atoms with Gasteiger partial charge >= 0.3 is 6.09 Å². The largest absolute Gasteiger partial charge is 0.490 e. The van der Waals surface area contributed by atoms with Crippen LogP contribution in [0, 0.1) is 12.8 Å². The molecule has 0 fully saturated rings. The van der Waals surface area contributed by atoms with Crippen LogP contribution in [0.25, 0.3) is 0 Å². The van der Waals surface area contributed by atoms with Crippen LogP contribution in [0.15, 0.2) is 6.07 Å². The zero-order chi connectivity index (χ0) is 22.1. The van der Waals surface area contributed by atoms with Crippen LogP contribution < -0.4 is 9.64 Å². The molecule has 2 amide bonds. The van der Waals surface area contributed by atoms with E-state index in [-0.39, 0.29) is 17.9 Å². The summed E-state index contributed by atoms with van der Waals surface area (Å²) in [7, 11) is 1.61. The number of methoxy groups -OCH3 is 1. The van der Waals surface area contributed by atoms with E-state index in [1.54, 1.807) is 12.0 Å². The summed E-state index contributed by atoms with van der Waals surface area (Å²) in [6.07, 6.45) is 1.18. The zero-order valence-electron chi connectivity index (χ0n) is 19.0. The number of amides is 2. The number of carbonyl (C=O) groups excluding carboxylic acids is 2. The van der Waals surface area contributed by atoms with Crippen molar-refractivity contribution in [2.24, 2.45) is 5.92 Å². The summed E-state index contributed by atoms with van der Waals surface area (Å²) in [4.78, 5) is 29.2. The minimum atomic E-state index is -0.515. The van der Waals surface area contributed by atoms with E-state index in [2.05, 4.69) is 13.0 Å². The van der Waals surface area contributed by atoms with E-state index < -0.39 is 5.60 Å². The molecule has 1 aromatic rings. The SMILES string of the molecule is COCC(C)C(=O)N1CCOc2cc3c(c(C)c21)CCN(C(=O)OC(C)(C)C)CC3. The number of hydrogen-bond donors (Lipinski definition) is 0. The topological polar surface area (TPSA) is 68.3 Å². The van der Waals surface area contributed by atoms with E-state index in [4.69, 9.17) is 14.2 Å². The third kappa shape index (κ3) is 4.72. The predicted octanol–water partition coefficient (Wildman–Crippen LogP) is 3.34. The molecule has 2 heterocycles. The third-order valence-electron chi connectivity index (χ3n) is 5.62. The molecular formula is C23H34N2O5. The highest BCUT2D eigenvalue weighted by atomic mass is 16.6. The molecule has 1 aromatic carbocycles. The number of carbonyl (C=O) groups is 2. The first-order valence-corrected chi connectivity index (χ1v) is 10.7. The quantitative estimate of drug-likeness (QED) is 0.753. The Morgan fingerprint density at radius 3 is 2.57 bits per heavy atom. The van der Waals surface area contributed by atoms with Crippen molar-refractivity contribution in [3.8, 4) is 5.75 Å². The molecule has 166 valence electrons. The van der Waals surface area contributed by atoms with E-state index in [1.165, 1.54) is 11.1 Å². The molecule has 0 aliphatic carbocycles. The molecule has 1 atom stereocenters. The fourth-order valence-electron chi connectivity index (χ4n) is 4.19. The molecule has 0 N–H and O–H groups in total. The summed E-state index contributed by atoms with van der Waals surface area (Å²) in [6, 6.07) is 2.05. The molecule has 7 nitrogen and oxygen atoms in total. The molecule has 2 aliphatic rings. The predicted molar refractivity (Wildman–Crippen MR) is 115 cm³/mol. The Bertz CT molecular complexity index is 815. The van der Waals surface area contributed by atoms with Gasteiger partial charge in [0.1, 0.15) is 18.0 Å². The van der Waals surface area contributed by atoms with E-state index in [9.17, 15) is 9.59 Å². The Hall–Kier alpha value is -2.28. The highest BCUT2D eigenvalue weighted by Crippen LogP contribution is 2.40. The monoisotopic (exact) mass is 418 g/mol. The molecule has 0 aromatic heterocycles. The number of anilines is 1. The van der Waals surface area contributed by atoms with Crippen molar-refractivity contribution < 1.29 is 23.8 Å². The van der Waals surface area contributed by atoms with Gasteiger partial charge in [0, 0.05) is 20.2 Å². The summed E-state index contributed by atoms with van der Waals surface area (Å²) < 4.78 is 16.7. The van der Waals surface area contributed by atoms with Crippen molar-refractivity contribution in [3.05, 3.63) is 22.8 Å². The van der Waals surface area contributed by atoms with Gasteiger partial charge in [0.05, 0.1) is 24.8 Å².